The predicted octanol–water partition coefficient (Wildman–Crippen LogP) is 5.64. The number of hydrogen-bond donors (Lipinski definition) is 0. The first-order chi connectivity index (χ1) is 12.0. The van der Waals surface area contributed by atoms with Gasteiger partial charge >= 0.3 is 7.25 Å². The summed E-state index contributed by atoms with van der Waals surface area (Å²) in [7, 11) is -4.33. The van der Waals surface area contributed by atoms with Crippen molar-refractivity contribution in [3.63, 3.8) is 0 Å². The molecule has 0 heterocycles. The standard InChI is InChI=1S/C17H19BrNOS.BF4/c1-19(2)21(20,15-6-4-3-5-7-15)17-12-16(17)13-8-10-14(18)11-9-13;2-1(3,4)5/h3-11,16-17H,12H2,1-2H3;/q+1;-1/t16-,17+,21?;/m1./s1. The number of nitrogens with zero attached hydrogens (tertiary/aromatic N) is 1. The first-order valence-electron chi connectivity index (χ1n) is 7.92. The number of halogens is 5. The molecule has 1 unspecified atom stereocenters. The van der Waals surface area contributed by atoms with E-state index in [1.807, 2.05) is 48.7 Å². The maximum atomic E-state index is 13.6. The lowest BCUT2D eigenvalue weighted by Crippen LogP contribution is -2.34. The van der Waals surface area contributed by atoms with Gasteiger partial charge in [-0.1, -0.05) is 50.5 Å². The molecule has 0 N–H and O–H groups in total. The molecular weight excluding hydrogens is 433 g/mol. The van der Waals surface area contributed by atoms with Gasteiger partial charge in [-0.05, 0) is 29.8 Å². The van der Waals surface area contributed by atoms with Crippen molar-refractivity contribution in [2.75, 3.05) is 14.1 Å². The molecule has 0 bridgehead atoms. The minimum atomic E-state index is -6.00. The Morgan fingerprint density at radius 2 is 1.50 bits per heavy atom. The van der Waals surface area contributed by atoms with Crippen molar-refractivity contribution >= 4 is 33.3 Å². The van der Waals surface area contributed by atoms with Crippen molar-refractivity contribution in [1.29, 1.82) is 0 Å². The number of rotatable bonds is 4. The molecule has 0 aliphatic heterocycles. The van der Waals surface area contributed by atoms with E-state index in [1.165, 1.54) is 5.56 Å². The van der Waals surface area contributed by atoms with Crippen molar-refractivity contribution in [1.82, 2.24) is 4.31 Å². The summed E-state index contributed by atoms with van der Waals surface area (Å²) >= 11 is 3.46. The highest BCUT2D eigenvalue weighted by Gasteiger charge is 2.59. The summed E-state index contributed by atoms with van der Waals surface area (Å²) in [6.07, 6.45) is 0.994. The minimum absolute atomic E-state index is 0.205. The average molecular weight is 452 g/mol. The highest BCUT2D eigenvalue weighted by molar-refractivity contribution is 9.10. The van der Waals surface area contributed by atoms with Gasteiger partial charge in [-0.3, -0.25) is 0 Å². The zero-order valence-electron chi connectivity index (χ0n) is 14.3. The van der Waals surface area contributed by atoms with Crippen LogP contribution in [0, 0.1) is 0 Å². The second kappa shape index (κ2) is 8.23. The van der Waals surface area contributed by atoms with Gasteiger partial charge in [0.1, 0.15) is 0 Å². The maximum Gasteiger partial charge on any atom is 0.673 e. The van der Waals surface area contributed by atoms with Crippen LogP contribution in [-0.4, -0.2) is 30.9 Å². The quantitative estimate of drug-likeness (QED) is 0.334. The molecule has 9 heteroatoms. The Balaban J connectivity index is 0.000000431. The fourth-order valence-corrected chi connectivity index (χ4v) is 6.05. The van der Waals surface area contributed by atoms with Gasteiger partial charge in [-0.25, -0.2) is 0 Å². The Bertz CT molecular complexity index is 765. The zero-order valence-corrected chi connectivity index (χ0v) is 16.7. The fourth-order valence-electron chi connectivity index (χ4n) is 2.86. The Labute approximate surface area is 160 Å². The molecule has 0 aromatic heterocycles. The molecule has 0 amide bonds. The zero-order chi connectivity index (χ0) is 19.5. The lowest BCUT2D eigenvalue weighted by atomic mass is 10.1. The molecule has 2 nitrogen and oxygen atoms in total. The number of hydrogen-bond acceptors (Lipinski definition) is 1. The van der Waals surface area contributed by atoms with Crippen LogP contribution < -0.4 is 0 Å². The van der Waals surface area contributed by atoms with Crippen LogP contribution in [-0.2, 0) is 14.3 Å². The van der Waals surface area contributed by atoms with Gasteiger partial charge in [-0.15, -0.1) is 4.31 Å². The summed E-state index contributed by atoms with van der Waals surface area (Å²) in [5.74, 6) is 0.396. The van der Waals surface area contributed by atoms with Crippen LogP contribution in [0.4, 0.5) is 17.3 Å². The largest absolute Gasteiger partial charge is 0.673 e. The summed E-state index contributed by atoms with van der Waals surface area (Å²) in [4.78, 5) is 0.944. The molecule has 2 aromatic rings. The molecule has 1 aliphatic carbocycles. The van der Waals surface area contributed by atoms with Gasteiger partial charge in [0.25, 0.3) is 0 Å². The van der Waals surface area contributed by atoms with Crippen LogP contribution in [0.2, 0.25) is 0 Å². The normalized spacial score (nSPS) is 21.5. The van der Waals surface area contributed by atoms with Crippen molar-refractivity contribution in [2.45, 2.75) is 22.5 Å². The van der Waals surface area contributed by atoms with Crippen molar-refractivity contribution < 1.29 is 21.5 Å². The van der Waals surface area contributed by atoms with E-state index < -0.39 is 17.4 Å². The summed E-state index contributed by atoms with van der Waals surface area (Å²) in [6.45, 7) is 0. The molecule has 0 saturated heterocycles. The van der Waals surface area contributed by atoms with E-state index in [1.54, 1.807) is 0 Å². The van der Waals surface area contributed by atoms with Crippen LogP contribution in [0.5, 0.6) is 0 Å². The fraction of sp³-hybridized carbons (Fsp3) is 0.294. The van der Waals surface area contributed by atoms with Gasteiger partial charge < -0.3 is 17.3 Å². The maximum absolute atomic E-state index is 13.6. The van der Waals surface area contributed by atoms with Gasteiger partial charge in [0.15, 0.2) is 20.3 Å². The Morgan fingerprint density at radius 3 is 1.96 bits per heavy atom. The van der Waals surface area contributed by atoms with Crippen LogP contribution in [0.1, 0.15) is 17.9 Å². The van der Waals surface area contributed by atoms with E-state index in [2.05, 4.69) is 40.2 Å². The molecule has 3 atom stereocenters. The average Bonchev–Trinajstić information content (AvgIpc) is 3.35. The van der Waals surface area contributed by atoms with Gasteiger partial charge in [0.05, 0.1) is 0 Å². The van der Waals surface area contributed by atoms with E-state index in [4.69, 9.17) is 0 Å². The van der Waals surface area contributed by atoms with E-state index in [-0.39, 0.29) is 5.25 Å². The lowest BCUT2D eigenvalue weighted by molar-refractivity contribution is 0.368. The first-order valence-corrected chi connectivity index (χ1v) is 10.3. The second-order valence-electron chi connectivity index (χ2n) is 6.12. The summed E-state index contributed by atoms with van der Waals surface area (Å²) in [6, 6.07) is 18.3. The van der Waals surface area contributed by atoms with Crippen molar-refractivity contribution in [2.24, 2.45) is 0 Å². The molecule has 1 saturated carbocycles. The highest BCUT2D eigenvalue weighted by Crippen LogP contribution is 2.52. The summed E-state index contributed by atoms with van der Waals surface area (Å²) in [5, 5.41) is 0.205. The van der Waals surface area contributed by atoms with E-state index in [0.29, 0.717) is 5.92 Å². The summed E-state index contributed by atoms with van der Waals surface area (Å²) < 4.78 is 55.6. The molecule has 2 aromatic carbocycles. The van der Waals surface area contributed by atoms with Gasteiger partial charge in [-0.2, -0.15) is 0 Å². The van der Waals surface area contributed by atoms with Crippen molar-refractivity contribution in [3.05, 3.63) is 64.6 Å². The molecule has 0 radical (unpaired) electrons. The molecule has 1 fully saturated rings. The summed E-state index contributed by atoms with van der Waals surface area (Å²) in [5.41, 5.74) is 1.29. The first kappa shape index (κ1) is 21.1. The van der Waals surface area contributed by atoms with Crippen LogP contribution in [0.3, 0.4) is 0 Å². The SMILES string of the molecule is CN(C)[S+](=O)(c1ccccc1)[C@H]1C[C@@H]1c1ccc(Br)cc1.F[B-](F)(F)F. The molecular formula is C17H19BBrF4NOS. The van der Waals surface area contributed by atoms with Gasteiger partial charge in [0, 0.05) is 30.9 Å². The molecule has 142 valence electrons. The van der Waals surface area contributed by atoms with E-state index in [0.717, 1.165) is 15.8 Å². The molecule has 26 heavy (non-hydrogen) atoms. The molecule has 1 aliphatic rings. The van der Waals surface area contributed by atoms with E-state index in [9.17, 15) is 21.5 Å². The van der Waals surface area contributed by atoms with E-state index >= 15 is 0 Å². The smallest absolute Gasteiger partial charge is 0.418 e. The lowest BCUT2D eigenvalue weighted by Gasteiger charge is -2.18. The third kappa shape index (κ3) is 5.41. The monoisotopic (exact) mass is 451 g/mol. The van der Waals surface area contributed by atoms with Crippen LogP contribution in [0.15, 0.2) is 64.0 Å². The Morgan fingerprint density at radius 1 is 1.00 bits per heavy atom. The molecule has 0 spiro atoms. The number of benzene rings is 2. The Kier molecular flexibility index (Phi) is 6.68. The minimum Gasteiger partial charge on any atom is -0.418 e. The third-order valence-electron chi connectivity index (χ3n) is 4.06. The van der Waals surface area contributed by atoms with Crippen molar-refractivity contribution in [3.8, 4) is 0 Å². The second-order valence-corrected chi connectivity index (χ2v) is 9.98. The predicted molar refractivity (Wildman–Crippen MR) is 102 cm³/mol. The highest BCUT2D eigenvalue weighted by atomic mass is 79.9. The van der Waals surface area contributed by atoms with Crippen LogP contribution in [0.25, 0.3) is 0 Å². The third-order valence-corrected chi connectivity index (χ3v) is 7.97. The van der Waals surface area contributed by atoms with Crippen LogP contribution >= 0.6 is 15.9 Å². The molecule has 3 rings (SSSR count). The van der Waals surface area contributed by atoms with Gasteiger partial charge in [0.2, 0.25) is 0 Å². The topological polar surface area (TPSA) is 20.3 Å². The Hall–Kier alpha value is -1.19.